The number of aliphatic hydroxyl groups excluding tert-OH is 1. The number of benzene rings is 1. The van der Waals surface area contributed by atoms with Crippen LogP contribution < -0.4 is 5.32 Å². The van der Waals surface area contributed by atoms with Crippen molar-refractivity contribution in [3.8, 4) is 10.4 Å². The second-order valence-electron chi connectivity index (χ2n) is 5.70. The lowest BCUT2D eigenvalue weighted by Gasteiger charge is -2.30. The third-order valence-corrected chi connectivity index (χ3v) is 5.32. The molecule has 0 radical (unpaired) electrons. The first-order valence-electron chi connectivity index (χ1n) is 7.71. The molecule has 0 amide bonds. The molecule has 2 unspecified atom stereocenters. The number of hydrogen-bond acceptors (Lipinski definition) is 4. The summed E-state index contributed by atoms with van der Waals surface area (Å²) in [5.41, 5.74) is 1.23. The summed E-state index contributed by atoms with van der Waals surface area (Å²) in [6.07, 6.45) is 6.78. The zero-order valence-electron chi connectivity index (χ0n) is 12.2. The van der Waals surface area contributed by atoms with Crippen molar-refractivity contribution in [1.29, 1.82) is 0 Å². The van der Waals surface area contributed by atoms with E-state index in [1.54, 1.807) is 11.3 Å². The van der Waals surface area contributed by atoms with Crippen molar-refractivity contribution in [3.05, 3.63) is 41.5 Å². The predicted octanol–water partition coefficient (Wildman–Crippen LogP) is 3.45. The maximum Gasteiger partial charge on any atom is 0.107 e. The van der Waals surface area contributed by atoms with Crippen LogP contribution in [0.25, 0.3) is 10.4 Å². The number of nitrogens with one attached hydrogen (secondary N) is 1. The van der Waals surface area contributed by atoms with Crippen molar-refractivity contribution in [2.24, 2.45) is 5.92 Å². The van der Waals surface area contributed by atoms with E-state index in [-0.39, 0.29) is 0 Å². The van der Waals surface area contributed by atoms with Crippen molar-refractivity contribution < 1.29 is 5.11 Å². The Hall–Kier alpha value is -1.23. The van der Waals surface area contributed by atoms with Gasteiger partial charge in [-0.1, -0.05) is 43.2 Å². The molecule has 1 aliphatic carbocycles. The van der Waals surface area contributed by atoms with E-state index in [4.69, 9.17) is 0 Å². The quantitative estimate of drug-likeness (QED) is 0.889. The van der Waals surface area contributed by atoms with Crippen LogP contribution in [0.15, 0.2) is 36.5 Å². The fourth-order valence-corrected chi connectivity index (χ4v) is 3.92. The van der Waals surface area contributed by atoms with Crippen molar-refractivity contribution >= 4 is 11.3 Å². The summed E-state index contributed by atoms with van der Waals surface area (Å²) in [7, 11) is 0. The summed E-state index contributed by atoms with van der Waals surface area (Å²) in [5.74, 6) is 0.410. The van der Waals surface area contributed by atoms with Gasteiger partial charge in [0.25, 0.3) is 0 Å². The molecule has 1 fully saturated rings. The average Bonchev–Trinajstić information content (AvgIpc) is 3.03. The van der Waals surface area contributed by atoms with Crippen molar-refractivity contribution in [2.75, 3.05) is 6.61 Å². The molecule has 0 saturated heterocycles. The lowest BCUT2D eigenvalue weighted by Crippen LogP contribution is -2.39. The van der Waals surface area contributed by atoms with Crippen LogP contribution in [0.5, 0.6) is 0 Å². The molecule has 0 aliphatic heterocycles. The Balaban J connectivity index is 1.60. The molecule has 4 heteroatoms. The molecule has 2 atom stereocenters. The summed E-state index contributed by atoms with van der Waals surface area (Å²) in [6.45, 7) is 1.10. The van der Waals surface area contributed by atoms with Gasteiger partial charge < -0.3 is 10.4 Å². The summed E-state index contributed by atoms with van der Waals surface area (Å²) in [5, 5.41) is 14.2. The smallest absolute Gasteiger partial charge is 0.107 e. The lowest BCUT2D eigenvalue weighted by molar-refractivity contribution is 0.152. The molecule has 1 aromatic carbocycles. The number of rotatable bonds is 5. The van der Waals surface area contributed by atoms with Gasteiger partial charge in [0.05, 0.1) is 4.88 Å². The van der Waals surface area contributed by atoms with E-state index in [1.165, 1.54) is 29.7 Å². The summed E-state index contributed by atoms with van der Waals surface area (Å²) in [4.78, 5) is 5.74. The minimum atomic E-state index is 0.296. The van der Waals surface area contributed by atoms with Crippen LogP contribution in [-0.4, -0.2) is 22.7 Å². The van der Waals surface area contributed by atoms with Crippen molar-refractivity contribution in [2.45, 2.75) is 38.3 Å². The van der Waals surface area contributed by atoms with E-state index in [0.29, 0.717) is 18.6 Å². The number of aliphatic hydroxyl groups is 1. The van der Waals surface area contributed by atoms with Gasteiger partial charge in [-0.15, -0.1) is 11.3 Å². The Morgan fingerprint density at radius 1 is 1.19 bits per heavy atom. The third-order valence-electron chi connectivity index (χ3n) is 4.27. The molecule has 21 heavy (non-hydrogen) atoms. The number of aromatic nitrogens is 1. The zero-order valence-corrected chi connectivity index (χ0v) is 13.0. The van der Waals surface area contributed by atoms with E-state index in [2.05, 4.69) is 34.6 Å². The Morgan fingerprint density at radius 2 is 2.00 bits per heavy atom. The number of hydrogen-bond donors (Lipinski definition) is 2. The van der Waals surface area contributed by atoms with Gasteiger partial charge in [-0.2, -0.15) is 0 Å². The van der Waals surface area contributed by atoms with Crippen LogP contribution in [-0.2, 0) is 6.54 Å². The number of thiazole rings is 1. The Kier molecular flexibility index (Phi) is 5.01. The molecule has 0 bridgehead atoms. The van der Waals surface area contributed by atoms with Crippen LogP contribution in [0, 0.1) is 5.92 Å². The zero-order chi connectivity index (χ0) is 14.5. The minimum Gasteiger partial charge on any atom is -0.396 e. The average molecular weight is 302 g/mol. The van der Waals surface area contributed by atoms with Gasteiger partial charge in [-0.25, -0.2) is 4.98 Å². The van der Waals surface area contributed by atoms with Gasteiger partial charge in [-0.3, -0.25) is 0 Å². The molecule has 1 aliphatic rings. The molecule has 112 valence electrons. The molecule has 0 spiro atoms. The van der Waals surface area contributed by atoms with E-state index in [1.807, 2.05) is 12.3 Å². The summed E-state index contributed by atoms with van der Waals surface area (Å²) >= 11 is 1.75. The van der Waals surface area contributed by atoms with Gasteiger partial charge in [-0.05, 0) is 24.3 Å². The molecule has 1 saturated carbocycles. The monoisotopic (exact) mass is 302 g/mol. The molecule has 2 N–H and O–H groups in total. The fourth-order valence-electron chi connectivity index (χ4n) is 3.04. The largest absolute Gasteiger partial charge is 0.396 e. The first-order valence-corrected chi connectivity index (χ1v) is 8.53. The van der Waals surface area contributed by atoms with E-state index in [9.17, 15) is 5.11 Å². The minimum absolute atomic E-state index is 0.296. The topological polar surface area (TPSA) is 45.1 Å². The standard InChI is InChI=1S/C17H22N2OS/c20-12-14-8-4-5-9-15(14)18-11-17-19-10-16(21-17)13-6-2-1-3-7-13/h1-3,6-7,10,14-15,18,20H,4-5,8-9,11-12H2. The Bertz CT molecular complexity index is 555. The van der Waals surface area contributed by atoms with E-state index >= 15 is 0 Å². The predicted molar refractivity (Wildman–Crippen MR) is 87.2 cm³/mol. The van der Waals surface area contributed by atoms with Gasteiger partial charge in [0, 0.05) is 25.4 Å². The van der Waals surface area contributed by atoms with Crippen LogP contribution in [0.3, 0.4) is 0 Å². The fraction of sp³-hybridized carbons (Fsp3) is 0.471. The first kappa shape index (κ1) is 14.7. The highest BCUT2D eigenvalue weighted by Gasteiger charge is 2.24. The van der Waals surface area contributed by atoms with Crippen LogP contribution in [0.2, 0.25) is 0 Å². The molecule has 3 rings (SSSR count). The summed E-state index contributed by atoms with van der Waals surface area (Å²) < 4.78 is 0. The van der Waals surface area contributed by atoms with Gasteiger partial charge in [0.1, 0.15) is 5.01 Å². The SMILES string of the molecule is OCC1CCCCC1NCc1ncc(-c2ccccc2)s1. The van der Waals surface area contributed by atoms with Crippen molar-refractivity contribution in [3.63, 3.8) is 0 Å². The molecule has 1 aromatic heterocycles. The maximum absolute atomic E-state index is 9.46. The van der Waals surface area contributed by atoms with Gasteiger partial charge in [0.15, 0.2) is 0 Å². The molecule has 1 heterocycles. The summed E-state index contributed by atoms with van der Waals surface area (Å²) in [6, 6.07) is 10.8. The van der Waals surface area contributed by atoms with Gasteiger partial charge >= 0.3 is 0 Å². The van der Waals surface area contributed by atoms with E-state index in [0.717, 1.165) is 18.0 Å². The molecular weight excluding hydrogens is 280 g/mol. The maximum atomic E-state index is 9.46. The lowest BCUT2D eigenvalue weighted by atomic mass is 9.85. The van der Waals surface area contributed by atoms with Gasteiger partial charge in [0.2, 0.25) is 0 Å². The van der Waals surface area contributed by atoms with E-state index < -0.39 is 0 Å². The van der Waals surface area contributed by atoms with Crippen LogP contribution in [0.1, 0.15) is 30.7 Å². The first-order chi connectivity index (χ1) is 10.4. The number of nitrogens with zero attached hydrogens (tertiary/aromatic N) is 1. The molecule has 2 aromatic rings. The second kappa shape index (κ2) is 7.16. The normalized spacial score (nSPS) is 22.3. The Labute approximate surface area is 130 Å². The molecular formula is C17H22N2OS. The van der Waals surface area contributed by atoms with Crippen LogP contribution >= 0.6 is 11.3 Å². The highest BCUT2D eigenvalue weighted by molar-refractivity contribution is 7.15. The second-order valence-corrected chi connectivity index (χ2v) is 6.81. The third kappa shape index (κ3) is 3.70. The van der Waals surface area contributed by atoms with Crippen LogP contribution in [0.4, 0.5) is 0 Å². The van der Waals surface area contributed by atoms with Crippen molar-refractivity contribution in [1.82, 2.24) is 10.3 Å². The highest BCUT2D eigenvalue weighted by atomic mass is 32.1. The molecule has 3 nitrogen and oxygen atoms in total. The highest BCUT2D eigenvalue weighted by Crippen LogP contribution is 2.27. The Morgan fingerprint density at radius 3 is 2.81 bits per heavy atom.